The van der Waals surface area contributed by atoms with Crippen molar-refractivity contribution in [3.8, 4) is 0 Å². The minimum absolute atomic E-state index is 0.0502. The molecule has 2 aliphatic heterocycles. The third kappa shape index (κ3) is 4.45. The first kappa shape index (κ1) is 21.0. The van der Waals surface area contributed by atoms with Gasteiger partial charge in [0, 0.05) is 47.0 Å². The molecular weight excluding hydrogens is 414 g/mol. The maximum Gasteiger partial charge on any atom is 0.252 e. The van der Waals surface area contributed by atoms with Crippen LogP contribution in [0.2, 0.25) is 0 Å². The Morgan fingerprint density at radius 3 is 2.75 bits per heavy atom. The first-order valence-corrected chi connectivity index (χ1v) is 10.9. The minimum Gasteiger partial charge on any atom is -0.348 e. The van der Waals surface area contributed by atoms with Gasteiger partial charge < -0.3 is 5.32 Å². The zero-order valence-electron chi connectivity index (χ0n) is 17.5. The SMILES string of the molecule is CC1=NCC(CNC(=O)c2cc(Br)cc3c2C=NCC(C(C)C)C3C)=C(C)C1. The Morgan fingerprint density at radius 1 is 1.32 bits per heavy atom. The highest BCUT2D eigenvalue weighted by atomic mass is 79.9. The van der Waals surface area contributed by atoms with Crippen LogP contribution in [0.25, 0.3) is 0 Å². The molecule has 3 rings (SSSR count). The number of benzene rings is 1. The number of carbonyl (C=O) groups excluding carboxylic acids is 1. The molecule has 0 radical (unpaired) electrons. The van der Waals surface area contributed by atoms with E-state index in [0.717, 1.165) is 28.7 Å². The molecular formula is C23H30BrN3O. The molecule has 28 heavy (non-hydrogen) atoms. The highest BCUT2D eigenvalue weighted by Crippen LogP contribution is 2.36. The second kappa shape index (κ2) is 8.73. The average Bonchev–Trinajstić information content (AvgIpc) is 2.79. The van der Waals surface area contributed by atoms with Gasteiger partial charge in [-0.2, -0.15) is 0 Å². The van der Waals surface area contributed by atoms with E-state index in [2.05, 4.69) is 71.9 Å². The van der Waals surface area contributed by atoms with Gasteiger partial charge in [0.1, 0.15) is 0 Å². The molecule has 2 heterocycles. The summed E-state index contributed by atoms with van der Waals surface area (Å²) in [4.78, 5) is 22.2. The lowest BCUT2D eigenvalue weighted by Crippen LogP contribution is -2.29. The summed E-state index contributed by atoms with van der Waals surface area (Å²) in [7, 11) is 0. The number of amides is 1. The summed E-state index contributed by atoms with van der Waals surface area (Å²) in [5.74, 6) is 1.31. The van der Waals surface area contributed by atoms with Crippen LogP contribution in [0.1, 0.15) is 68.4 Å². The smallest absolute Gasteiger partial charge is 0.252 e. The molecule has 4 nitrogen and oxygen atoms in total. The zero-order chi connectivity index (χ0) is 20.4. The van der Waals surface area contributed by atoms with Crippen molar-refractivity contribution in [3.63, 3.8) is 0 Å². The van der Waals surface area contributed by atoms with Gasteiger partial charge in [-0.05, 0) is 54.9 Å². The van der Waals surface area contributed by atoms with Gasteiger partial charge in [0.05, 0.1) is 6.54 Å². The zero-order valence-corrected chi connectivity index (χ0v) is 19.1. The van der Waals surface area contributed by atoms with Crippen molar-refractivity contribution in [2.75, 3.05) is 19.6 Å². The molecule has 0 saturated carbocycles. The molecule has 1 aromatic rings. The number of halogens is 1. The van der Waals surface area contributed by atoms with E-state index in [0.29, 0.717) is 36.4 Å². The molecule has 0 aliphatic carbocycles. The first-order valence-electron chi connectivity index (χ1n) is 10.1. The third-order valence-electron chi connectivity index (χ3n) is 6.07. The number of nitrogens with zero attached hydrogens (tertiary/aromatic N) is 2. The number of rotatable bonds is 4. The molecule has 2 aliphatic rings. The van der Waals surface area contributed by atoms with Gasteiger partial charge in [-0.1, -0.05) is 42.3 Å². The van der Waals surface area contributed by atoms with Crippen molar-refractivity contribution in [1.82, 2.24) is 5.32 Å². The van der Waals surface area contributed by atoms with Crippen LogP contribution in [0, 0.1) is 11.8 Å². The van der Waals surface area contributed by atoms with Gasteiger partial charge in [-0.25, -0.2) is 0 Å². The molecule has 0 fully saturated rings. The first-order chi connectivity index (χ1) is 13.3. The Balaban J connectivity index is 1.86. The summed E-state index contributed by atoms with van der Waals surface area (Å²) < 4.78 is 0.939. The molecule has 1 amide bonds. The maximum absolute atomic E-state index is 13.1. The van der Waals surface area contributed by atoms with Gasteiger partial charge in [0.2, 0.25) is 0 Å². The molecule has 1 aromatic carbocycles. The van der Waals surface area contributed by atoms with Crippen LogP contribution in [-0.4, -0.2) is 37.5 Å². The van der Waals surface area contributed by atoms with E-state index in [1.54, 1.807) is 0 Å². The van der Waals surface area contributed by atoms with Crippen molar-refractivity contribution in [2.45, 2.75) is 47.0 Å². The fourth-order valence-electron chi connectivity index (χ4n) is 4.21. The number of hydrogen-bond acceptors (Lipinski definition) is 3. The van der Waals surface area contributed by atoms with E-state index in [4.69, 9.17) is 0 Å². The molecule has 0 aromatic heterocycles. The molecule has 0 bridgehead atoms. The van der Waals surface area contributed by atoms with Crippen LogP contribution >= 0.6 is 15.9 Å². The van der Waals surface area contributed by atoms with Gasteiger partial charge >= 0.3 is 0 Å². The van der Waals surface area contributed by atoms with Crippen molar-refractivity contribution in [3.05, 3.63) is 44.4 Å². The summed E-state index contributed by atoms with van der Waals surface area (Å²) in [6, 6.07) is 4.06. The van der Waals surface area contributed by atoms with Crippen LogP contribution in [0.5, 0.6) is 0 Å². The average molecular weight is 444 g/mol. The number of dihydropyridines is 1. The minimum atomic E-state index is -0.0502. The summed E-state index contributed by atoms with van der Waals surface area (Å²) in [5.41, 5.74) is 6.54. The Kier molecular flexibility index (Phi) is 6.54. The topological polar surface area (TPSA) is 53.8 Å². The molecule has 0 saturated heterocycles. The standard InChI is InChI=1S/C23H30BrN3O/c1-13(2)21-11-25-12-22-19(16(21)5)7-18(24)8-20(22)23(28)27-10-17-9-26-15(4)6-14(17)3/h7-8,12-13,16,21H,6,9-11H2,1-5H3,(H,27,28). The van der Waals surface area contributed by atoms with E-state index in [1.807, 2.05) is 12.3 Å². The maximum atomic E-state index is 13.1. The fourth-order valence-corrected chi connectivity index (χ4v) is 4.68. The van der Waals surface area contributed by atoms with E-state index < -0.39 is 0 Å². The van der Waals surface area contributed by atoms with Crippen molar-refractivity contribution < 1.29 is 4.79 Å². The van der Waals surface area contributed by atoms with E-state index in [9.17, 15) is 4.79 Å². The predicted octanol–water partition coefficient (Wildman–Crippen LogP) is 5.17. The molecule has 2 unspecified atom stereocenters. The second-order valence-corrected chi connectivity index (χ2v) is 9.36. The largest absolute Gasteiger partial charge is 0.348 e. The number of carbonyl (C=O) groups is 1. The molecule has 2 atom stereocenters. The summed E-state index contributed by atoms with van der Waals surface area (Å²) in [6.07, 6.45) is 2.80. The van der Waals surface area contributed by atoms with E-state index in [-0.39, 0.29) is 5.91 Å². The summed E-state index contributed by atoms with van der Waals surface area (Å²) in [6.45, 7) is 13.0. The van der Waals surface area contributed by atoms with Crippen LogP contribution in [-0.2, 0) is 0 Å². The van der Waals surface area contributed by atoms with E-state index >= 15 is 0 Å². The van der Waals surface area contributed by atoms with Crippen molar-refractivity contribution in [2.24, 2.45) is 21.8 Å². The van der Waals surface area contributed by atoms with Crippen molar-refractivity contribution in [1.29, 1.82) is 0 Å². The predicted molar refractivity (Wildman–Crippen MR) is 121 cm³/mol. The lowest BCUT2D eigenvalue weighted by atomic mass is 9.79. The Bertz CT molecular complexity index is 867. The quantitative estimate of drug-likeness (QED) is 0.641. The lowest BCUT2D eigenvalue weighted by molar-refractivity contribution is 0.0956. The normalized spacial score (nSPS) is 22.0. The highest BCUT2D eigenvalue weighted by molar-refractivity contribution is 9.10. The monoisotopic (exact) mass is 443 g/mol. The van der Waals surface area contributed by atoms with E-state index in [1.165, 1.54) is 16.7 Å². The summed E-state index contributed by atoms with van der Waals surface area (Å²) >= 11 is 3.61. The fraction of sp³-hybridized carbons (Fsp3) is 0.522. The molecule has 1 N–H and O–H groups in total. The number of nitrogens with one attached hydrogen (secondary N) is 1. The third-order valence-corrected chi connectivity index (χ3v) is 6.53. The lowest BCUT2D eigenvalue weighted by Gasteiger charge is -2.26. The van der Waals surface area contributed by atoms with Gasteiger partial charge in [-0.3, -0.25) is 14.8 Å². The van der Waals surface area contributed by atoms with Gasteiger partial charge in [0.25, 0.3) is 5.91 Å². The number of fused-ring (bicyclic) bond motifs is 1. The molecule has 150 valence electrons. The van der Waals surface area contributed by atoms with Crippen molar-refractivity contribution >= 4 is 33.8 Å². The Morgan fingerprint density at radius 2 is 2.07 bits per heavy atom. The molecule has 5 heteroatoms. The van der Waals surface area contributed by atoms with Crippen LogP contribution in [0.4, 0.5) is 0 Å². The molecule has 0 spiro atoms. The van der Waals surface area contributed by atoms with Gasteiger partial charge in [0.15, 0.2) is 0 Å². The Hall–Kier alpha value is -1.75. The van der Waals surface area contributed by atoms with Crippen LogP contribution in [0.15, 0.2) is 37.7 Å². The summed E-state index contributed by atoms with van der Waals surface area (Å²) in [5, 5.41) is 3.11. The number of aliphatic imine (C=N–C) groups is 2. The number of allylic oxidation sites excluding steroid dienone is 1. The second-order valence-electron chi connectivity index (χ2n) is 8.44. The van der Waals surface area contributed by atoms with Crippen LogP contribution < -0.4 is 5.32 Å². The number of hydrogen-bond donors (Lipinski definition) is 1. The highest BCUT2D eigenvalue weighted by Gasteiger charge is 2.28. The van der Waals surface area contributed by atoms with Gasteiger partial charge in [-0.15, -0.1) is 0 Å². The Labute approximate surface area is 176 Å². The van der Waals surface area contributed by atoms with Crippen LogP contribution in [0.3, 0.4) is 0 Å².